The van der Waals surface area contributed by atoms with Gasteiger partial charge in [-0.05, 0) is 18.2 Å². The summed E-state index contributed by atoms with van der Waals surface area (Å²) < 4.78 is 4.40. The maximum Gasteiger partial charge on any atom is 0.281 e. The minimum Gasteiger partial charge on any atom is -0.336 e. The Bertz CT molecular complexity index is 1200. The minimum absolute atomic E-state index is 0.175. The second-order valence-electron chi connectivity index (χ2n) is 6.04. The molecule has 3 heterocycles. The first-order valence-corrected chi connectivity index (χ1v) is 8.03. The lowest BCUT2D eigenvalue weighted by Crippen LogP contribution is -2.24. The molecule has 5 rings (SSSR count). The molecule has 0 atom stereocenters. The molecule has 0 N–H and O–H groups in total. The van der Waals surface area contributed by atoms with Gasteiger partial charge in [0.25, 0.3) is 5.56 Å². The van der Waals surface area contributed by atoms with E-state index >= 15 is 0 Å². The maximum absolute atomic E-state index is 12.5. The lowest BCUT2D eigenvalue weighted by molar-refractivity contribution is 0.571. The van der Waals surface area contributed by atoms with Gasteiger partial charge in [-0.1, -0.05) is 43.0 Å². The molecule has 4 aromatic rings. The van der Waals surface area contributed by atoms with Gasteiger partial charge >= 0.3 is 0 Å². The van der Waals surface area contributed by atoms with Gasteiger partial charge in [-0.15, -0.1) is 0 Å². The van der Waals surface area contributed by atoms with Crippen LogP contribution in [-0.4, -0.2) is 14.1 Å². The second-order valence-corrected chi connectivity index (χ2v) is 6.04. The van der Waals surface area contributed by atoms with Crippen molar-refractivity contribution in [1.29, 1.82) is 0 Å². The Balaban J connectivity index is 1.99. The molecular weight excluding hydrogens is 298 g/mol. The number of hydrogen-bond donors (Lipinski definition) is 0. The van der Waals surface area contributed by atoms with Crippen LogP contribution < -0.4 is 5.56 Å². The molecule has 1 aliphatic rings. The SMILES string of the molecule is C=Cc1c2n(c3ccccc13)CCn1c-2nc(=O)c2ccccc21. The molecule has 0 fully saturated rings. The Kier molecular flexibility index (Phi) is 2.59. The maximum atomic E-state index is 12.5. The van der Waals surface area contributed by atoms with Crippen molar-refractivity contribution in [1.82, 2.24) is 14.1 Å². The van der Waals surface area contributed by atoms with Gasteiger partial charge in [0, 0.05) is 29.6 Å². The van der Waals surface area contributed by atoms with Gasteiger partial charge < -0.3 is 9.13 Å². The van der Waals surface area contributed by atoms with Crippen LogP contribution in [0.5, 0.6) is 0 Å². The molecule has 4 heteroatoms. The van der Waals surface area contributed by atoms with E-state index in [1.165, 1.54) is 0 Å². The Hall–Kier alpha value is -3.14. The third-order valence-corrected chi connectivity index (χ3v) is 4.86. The summed E-state index contributed by atoms with van der Waals surface area (Å²) in [6.45, 7) is 5.64. The molecule has 0 saturated heterocycles. The molecule has 0 saturated carbocycles. The Labute approximate surface area is 138 Å². The average Bonchev–Trinajstić information content (AvgIpc) is 2.96. The summed E-state index contributed by atoms with van der Waals surface area (Å²) in [6.07, 6.45) is 1.87. The van der Waals surface area contributed by atoms with Gasteiger partial charge in [-0.3, -0.25) is 4.79 Å². The highest BCUT2D eigenvalue weighted by atomic mass is 16.1. The number of benzene rings is 2. The lowest BCUT2D eigenvalue weighted by atomic mass is 10.1. The zero-order chi connectivity index (χ0) is 16.3. The number of hydrogen-bond acceptors (Lipinski definition) is 2. The van der Waals surface area contributed by atoms with Gasteiger partial charge in [0.2, 0.25) is 0 Å². The standard InChI is InChI=1S/C20H15N3O/c1-2-13-14-7-3-5-9-16(14)22-11-12-23-17-10-6-4-8-15(17)20(24)21-19(23)18(13)22/h2-10H,1,11-12H2. The van der Waals surface area contributed by atoms with Crippen LogP contribution in [-0.2, 0) is 13.1 Å². The normalized spacial score (nSPS) is 13.0. The van der Waals surface area contributed by atoms with Crippen LogP contribution in [0.25, 0.3) is 39.4 Å². The number of para-hydroxylation sites is 2. The molecule has 1 aliphatic heterocycles. The summed E-state index contributed by atoms with van der Waals surface area (Å²) in [5.41, 5.74) is 3.96. The van der Waals surface area contributed by atoms with Gasteiger partial charge in [-0.25, -0.2) is 0 Å². The summed E-state index contributed by atoms with van der Waals surface area (Å²) in [6, 6.07) is 16.0. The van der Waals surface area contributed by atoms with Crippen LogP contribution in [0.15, 0.2) is 59.9 Å². The number of aromatic nitrogens is 3. The van der Waals surface area contributed by atoms with Crippen LogP contribution in [0.3, 0.4) is 0 Å². The predicted octanol–water partition coefficient (Wildman–Crippen LogP) is 3.67. The van der Waals surface area contributed by atoms with Crippen LogP contribution >= 0.6 is 0 Å². The van der Waals surface area contributed by atoms with Crippen molar-refractivity contribution >= 4 is 27.9 Å². The van der Waals surface area contributed by atoms with E-state index in [2.05, 4.69) is 32.8 Å². The van der Waals surface area contributed by atoms with Gasteiger partial charge in [0.15, 0.2) is 5.82 Å². The summed E-state index contributed by atoms with van der Waals surface area (Å²) in [4.78, 5) is 16.9. The van der Waals surface area contributed by atoms with Crippen LogP contribution in [0, 0.1) is 0 Å². The molecule has 0 bridgehead atoms. The van der Waals surface area contributed by atoms with E-state index in [9.17, 15) is 4.79 Å². The first-order valence-electron chi connectivity index (χ1n) is 8.03. The van der Waals surface area contributed by atoms with Crippen molar-refractivity contribution in [2.75, 3.05) is 0 Å². The first-order chi connectivity index (χ1) is 11.8. The first kappa shape index (κ1) is 13.3. The number of nitrogens with zero attached hydrogens (tertiary/aromatic N) is 3. The molecule has 0 aliphatic carbocycles. The molecule has 24 heavy (non-hydrogen) atoms. The zero-order valence-electron chi connectivity index (χ0n) is 13.1. The van der Waals surface area contributed by atoms with E-state index in [0.717, 1.165) is 46.6 Å². The summed E-state index contributed by atoms with van der Waals surface area (Å²) in [5.74, 6) is 0.732. The van der Waals surface area contributed by atoms with E-state index < -0.39 is 0 Å². The summed E-state index contributed by atoms with van der Waals surface area (Å²) in [5, 5.41) is 1.82. The van der Waals surface area contributed by atoms with Crippen molar-refractivity contribution in [2.24, 2.45) is 0 Å². The quantitative estimate of drug-likeness (QED) is 0.538. The van der Waals surface area contributed by atoms with E-state index in [0.29, 0.717) is 5.39 Å². The van der Waals surface area contributed by atoms with E-state index in [1.54, 1.807) is 0 Å². The van der Waals surface area contributed by atoms with Crippen molar-refractivity contribution in [3.05, 3.63) is 71.0 Å². The van der Waals surface area contributed by atoms with Crippen molar-refractivity contribution in [2.45, 2.75) is 13.1 Å². The average molecular weight is 313 g/mol. The van der Waals surface area contributed by atoms with Gasteiger partial charge in [-0.2, -0.15) is 4.98 Å². The lowest BCUT2D eigenvalue weighted by Gasteiger charge is -2.23. The Morgan fingerprint density at radius 3 is 2.29 bits per heavy atom. The highest BCUT2D eigenvalue weighted by Gasteiger charge is 2.25. The molecule has 0 spiro atoms. The van der Waals surface area contributed by atoms with Crippen LogP contribution in [0.2, 0.25) is 0 Å². The molecule has 2 aromatic heterocycles. The molecule has 0 radical (unpaired) electrons. The summed E-state index contributed by atoms with van der Waals surface area (Å²) in [7, 11) is 0. The fourth-order valence-corrected chi connectivity index (χ4v) is 3.84. The monoisotopic (exact) mass is 313 g/mol. The number of fused-ring (bicyclic) bond motifs is 7. The molecule has 2 aromatic carbocycles. The predicted molar refractivity (Wildman–Crippen MR) is 97.0 cm³/mol. The summed E-state index contributed by atoms with van der Waals surface area (Å²) >= 11 is 0. The van der Waals surface area contributed by atoms with E-state index in [-0.39, 0.29) is 5.56 Å². The highest BCUT2D eigenvalue weighted by molar-refractivity contribution is 5.97. The Morgan fingerprint density at radius 1 is 0.917 bits per heavy atom. The van der Waals surface area contributed by atoms with Gasteiger partial charge in [0.05, 0.1) is 16.6 Å². The minimum atomic E-state index is -0.175. The smallest absolute Gasteiger partial charge is 0.281 e. The second kappa shape index (κ2) is 4.68. The Morgan fingerprint density at radius 2 is 1.54 bits per heavy atom. The van der Waals surface area contributed by atoms with Crippen LogP contribution in [0.4, 0.5) is 0 Å². The van der Waals surface area contributed by atoms with E-state index in [1.807, 2.05) is 42.5 Å². The van der Waals surface area contributed by atoms with Gasteiger partial charge in [0.1, 0.15) is 0 Å². The third kappa shape index (κ3) is 1.57. The molecule has 0 amide bonds. The fraction of sp³-hybridized carbons (Fsp3) is 0.100. The molecular formula is C20H15N3O. The highest BCUT2D eigenvalue weighted by Crippen LogP contribution is 2.36. The molecule has 0 unspecified atom stereocenters. The van der Waals surface area contributed by atoms with Crippen molar-refractivity contribution in [3.63, 3.8) is 0 Å². The zero-order valence-corrected chi connectivity index (χ0v) is 13.1. The molecule has 4 nitrogen and oxygen atoms in total. The van der Waals surface area contributed by atoms with Crippen LogP contribution in [0.1, 0.15) is 5.56 Å². The topological polar surface area (TPSA) is 39.8 Å². The van der Waals surface area contributed by atoms with Crippen molar-refractivity contribution < 1.29 is 0 Å². The van der Waals surface area contributed by atoms with E-state index in [4.69, 9.17) is 0 Å². The molecule has 116 valence electrons. The third-order valence-electron chi connectivity index (χ3n) is 4.86. The fourth-order valence-electron chi connectivity index (χ4n) is 3.84. The largest absolute Gasteiger partial charge is 0.336 e. The number of rotatable bonds is 1. The number of aryl methyl sites for hydroxylation is 2. The van der Waals surface area contributed by atoms with Crippen molar-refractivity contribution in [3.8, 4) is 11.5 Å².